The van der Waals surface area contributed by atoms with E-state index in [0.29, 0.717) is 44.0 Å². The Balaban J connectivity index is 2.20. The second kappa shape index (κ2) is 9.89. The van der Waals surface area contributed by atoms with Gasteiger partial charge in [0.25, 0.3) is 0 Å². The fourth-order valence-corrected chi connectivity index (χ4v) is 1.61. The first-order valence-corrected chi connectivity index (χ1v) is 6.87. The van der Waals surface area contributed by atoms with Gasteiger partial charge < -0.3 is 19.3 Å². The Morgan fingerprint density at radius 3 is 2.89 bits per heavy atom. The fourth-order valence-electron chi connectivity index (χ4n) is 1.61. The van der Waals surface area contributed by atoms with Crippen LogP contribution in [0.4, 0.5) is 0 Å². The summed E-state index contributed by atoms with van der Waals surface area (Å²) in [4.78, 5) is 4.35. The zero-order chi connectivity index (χ0) is 13.9. The van der Waals surface area contributed by atoms with Gasteiger partial charge in [0.05, 0.1) is 19.8 Å². The van der Waals surface area contributed by atoms with Crippen LogP contribution in [0, 0.1) is 0 Å². The lowest BCUT2D eigenvalue weighted by atomic mass is 10.2. The Hall–Kier alpha value is -0.980. The van der Waals surface area contributed by atoms with E-state index in [1.54, 1.807) is 7.11 Å². The van der Waals surface area contributed by atoms with E-state index in [1.807, 2.05) is 0 Å². The Kier molecular flexibility index (Phi) is 8.36. The van der Waals surface area contributed by atoms with Gasteiger partial charge in [0.2, 0.25) is 5.89 Å². The summed E-state index contributed by atoms with van der Waals surface area (Å²) in [5.41, 5.74) is 0. The van der Waals surface area contributed by atoms with Gasteiger partial charge in [-0.15, -0.1) is 0 Å². The van der Waals surface area contributed by atoms with E-state index in [0.717, 1.165) is 19.4 Å². The predicted molar refractivity (Wildman–Crippen MR) is 72.2 cm³/mol. The van der Waals surface area contributed by atoms with Crippen molar-refractivity contribution in [3.8, 4) is 0 Å². The van der Waals surface area contributed by atoms with Gasteiger partial charge in [0.15, 0.2) is 5.82 Å². The van der Waals surface area contributed by atoms with Crippen LogP contribution in [0.2, 0.25) is 0 Å². The molecule has 0 bridgehead atoms. The van der Waals surface area contributed by atoms with Crippen LogP contribution >= 0.6 is 0 Å². The molecule has 0 aromatic carbocycles. The van der Waals surface area contributed by atoms with Crippen molar-refractivity contribution in [1.82, 2.24) is 15.5 Å². The molecule has 1 unspecified atom stereocenters. The molecular formula is C13H25N3O3. The molecule has 0 radical (unpaired) electrons. The van der Waals surface area contributed by atoms with Gasteiger partial charge >= 0.3 is 0 Å². The lowest BCUT2D eigenvalue weighted by Crippen LogP contribution is -2.28. The Morgan fingerprint density at radius 2 is 2.16 bits per heavy atom. The van der Waals surface area contributed by atoms with Crippen LogP contribution in [-0.4, -0.2) is 49.7 Å². The molecule has 110 valence electrons. The van der Waals surface area contributed by atoms with Crippen LogP contribution in [0.3, 0.4) is 0 Å². The molecule has 19 heavy (non-hydrogen) atoms. The van der Waals surface area contributed by atoms with Crippen LogP contribution < -0.4 is 5.32 Å². The molecule has 1 heterocycles. The van der Waals surface area contributed by atoms with E-state index in [9.17, 15) is 0 Å². The monoisotopic (exact) mass is 271 g/mol. The third-order valence-electron chi connectivity index (χ3n) is 2.64. The van der Waals surface area contributed by atoms with Gasteiger partial charge in [-0.25, -0.2) is 0 Å². The molecule has 0 aliphatic rings. The second-order valence-corrected chi connectivity index (χ2v) is 4.52. The molecule has 1 aromatic rings. The number of hydrogen-bond donors (Lipinski definition) is 1. The number of ether oxygens (including phenoxy) is 2. The second-order valence-electron chi connectivity index (χ2n) is 4.52. The Bertz CT molecular complexity index is 331. The van der Waals surface area contributed by atoms with Crippen LogP contribution in [-0.2, 0) is 22.3 Å². The fraction of sp³-hybridized carbons (Fsp3) is 0.846. The lowest BCUT2D eigenvalue weighted by molar-refractivity contribution is 0.0714. The molecule has 1 aromatic heterocycles. The number of hydrogen-bond acceptors (Lipinski definition) is 6. The van der Waals surface area contributed by atoms with Crippen molar-refractivity contribution < 1.29 is 14.0 Å². The zero-order valence-electron chi connectivity index (χ0n) is 12.1. The van der Waals surface area contributed by atoms with Crippen molar-refractivity contribution in [2.75, 3.05) is 33.5 Å². The molecule has 1 rings (SSSR count). The summed E-state index contributed by atoms with van der Waals surface area (Å²) in [7, 11) is 1.66. The molecule has 1 N–H and O–H groups in total. The summed E-state index contributed by atoms with van der Waals surface area (Å²) < 4.78 is 15.5. The standard InChI is InChI=1S/C13H25N3O3/c1-4-6-14-11(2)10-13-15-12(16-19-13)5-7-18-9-8-17-3/h11,14H,4-10H2,1-3H3. The minimum Gasteiger partial charge on any atom is -0.382 e. The smallest absolute Gasteiger partial charge is 0.228 e. The number of rotatable bonds is 11. The SMILES string of the molecule is CCCNC(C)Cc1nc(CCOCCOC)no1. The van der Waals surface area contributed by atoms with Crippen LogP contribution in [0.5, 0.6) is 0 Å². The average molecular weight is 271 g/mol. The molecule has 0 saturated carbocycles. The number of methoxy groups -OCH3 is 1. The van der Waals surface area contributed by atoms with Gasteiger partial charge in [-0.05, 0) is 19.9 Å². The molecular weight excluding hydrogens is 246 g/mol. The number of nitrogens with one attached hydrogen (secondary N) is 1. The molecule has 6 nitrogen and oxygen atoms in total. The summed E-state index contributed by atoms with van der Waals surface area (Å²) in [6, 6.07) is 0.353. The number of nitrogens with zero attached hydrogens (tertiary/aromatic N) is 2. The third-order valence-corrected chi connectivity index (χ3v) is 2.64. The highest BCUT2D eigenvalue weighted by Gasteiger charge is 2.10. The van der Waals surface area contributed by atoms with Gasteiger partial charge in [-0.1, -0.05) is 12.1 Å². The van der Waals surface area contributed by atoms with Gasteiger partial charge in [-0.2, -0.15) is 4.98 Å². The van der Waals surface area contributed by atoms with Crippen molar-refractivity contribution in [2.45, 2.75) is 39.2 Å². The number of aromatic nitrogens is 2. The normalized spacial score (nSPS) is 12.8. The van der Waals surface area contributed by atoms with Crippen LogP contribution in [0.15, 0.2) is 4.52 Å². The molecule has 0 aliphatic carbocycles. The largest absolute Gasteiger partial charge is 0.382 e. The Labute approximate surface area is 114 Å². The van der Waals surface area contributed by atoms with E-state index in [2.05, 4.69) is 29.3 Å². The maximum atomic E-state index is 5.36. The third kappa shape index (κ3) is 7.25. The molecule has 0 saturated heterocycles. The average Bonchev–Trinajstić information content (AvgIpc) is 2.83. The summed E-state index contributed by atoms with van der Waals surface area (Å²) in [6.07, 6.45) is 2.56. The maximum absolute atomic E-state index is 5.36. The summed E-state index contributed by atoms with van der Waals surface area (Å²) >= 11 is 0. The minimum atomic E-state index is 0.353. The van der Waals surface area contributed by atoms with Gasteiger partial charge in [-0.3, -0.25) is 0 Å². The topological polar surface area (TPSA) is 69.4 Å². The summed E-state index contributed by atoms with van der Waals surface area (Å²) in [5.74, 6) is 1.39. The highest BCUT2D eigenvalue weighted by Crippen LogP contribution is 2.02. The van der Waals surface area contributed by atoms with E-state index in [-0.39, 0.29) is 0 Å². The van der Waals surface area contributed by atoms with Crippen molar-refractivity contribution in [1.29, 1.82) is 0 Å². The van der Waals surface area contributed by atoms with Gasteiger partial charge in [0, 0.05) is 26.0 Å². The van der Waals surface area contributed by atoms with Crippen LogP contribution in [0.25, 0.3) is 0 Å². The van der Waals surface area contributed by atoms with E-state index < -0.39 is 0 Å². The van der Waals surface area contributed by atoms with Crippen molar-refractivity contribution in [3.05, 3.63) is 11.7 Å². The quantitative estimate of drug-likeness (QED) is 0.610. The maximum Gasteiger partial charge on any atom is 0.228 e. The highest BCUT2D eigenvalue weighted by molar-refractivity contribution is 4.89. The Morgan fingerprint density at radius 1 is 1.32 bits per heavy atom. The molecule has 0 aliphatic heterocycles. The van der Waals surface area contributed by atoms with E-state index in [1.165, 1.54) is 0 Å². The lowest BCUT2D eigenvalue weighted by Gasteiger charge is -2.09. The van der Waals surface area contributed by atoms with E-state index >= 15 is 0 Å². The molecule has 0 spiro atoms. The molecule has 0 amide bonds. The van der Waals surface area contributed by atoms with Gasteiger partial charge in [0.1, 0.15) is 0 Å². The van der Waals surface area contributed by atoms with E-state index in [4.69, 9.17) is 14.0 Å². The molecule has 6 heteroatoms. The molecule has 0 fully saturated rings. The first-order valence-electron chi connectivity index (χ1n) is 6.87. The predicted octanol–water partition coefficient (Wildman–Crippen LogP) is 1.21. The zero-order valence-corrected chi connectivity index (χ0v) is 12.1. The van der Waals surface area contributed by atoms with Crippen LogP contribution in [0.1, 0.15) is 32.0 Å². The summed E-state index contributed by atoms with van der Waals surface area (Å²) in [5, 5.41) is 7.33. The summed E-state index contributed by atoms with van der Waals surface area (Å²) in [6.45, 7) is 7.07. The first kappa shape index (κ1) is 16.1. The van der Waals surface area contributed by atoms with Crippen molar-refractivity contribution in [2.24, 2.45) is 0 Å². The van der Waals surface area contributed by atoms with Crippen molar-refractivity contribution in [3.63, 3.8) is 0 Å². The minimum absolute atomic E-state index is 0.353. The highest BCUT2D eigenvalue weighted by atomic mass is 16.5. The molecule has 1 atom stereocenters. The van der Waals surface area contributed by atoms with Crippen molar-refractivity contribution >= 4 is 0 Å². The first-order chi connectivity index (χ1) is 9.26.